The standard InChI is InChI=1S/C25H32N2O5S/c1-5-32-18-9-7-6-8-17(18)26-23(31)22-16-11-10-15(25(2,3)4)14-19(16)33-24(22)27-20(28)12-13-21(29)30/h6-9,15H,5,10-14H2,1-4H3,(H,26,31)(H,27,28)(H,29,30). The number of hydrogen-bond acceptors (Lipinski definition) is 5. The summed E-state index contributed by atoms with van der Waals surface area (Å²) in [5.41, 5.74) is 2.15. The van der Waals surface area contributed by atoms with Gasteiger partial charge in [-0.3, -0.25) is 14.4 Å². The monoisotopic (exact) mass is 472 g/mol. The molecule has 1 atom stereocenters. The van der Waals surface area contributed by atoms with Gasteiger partial charge >= 0.3 is 5.97 Å². The van der Waals surface area contributed by atoms with Gasteiger partial charge in [-0.1, -0.05) is 32.9 Å². The lowest BCUT2D eigenvalue weighted by Crippen LogP contribution is -2.27. The SMILES string of the molecule is CCOc1ccccc1NC(=O)c1c(NC(=O)CCC(=O)O)sc2c1CCC(C(C)(C)C)C2. The lowest BCUT2D eigenvalue weighted by atomic mass is 9.72. The molecular weight excluding hydrogens is 440 g/mol. The number of nitrogens with one attached hydrogen (secondary N) is 2. The van der Waals surface area contributed by atoms with E-state index in [-0.39, 0.29) is 24.2 Å². The van der Waals surface area contributed by atoms with Crippen molar-refractivity contribution in [1.29, 1.82) is 0 Å². The van der Waals surface area contributed by atoms with Gasteiger partial charge in [0, 0.05) is 11.3 Å². The molecule has 2 amide bonds. The molecule has 0 fully saturated rings. The van der Waals surface area contributed by atoms with E-state index in [9.17, 15) is 14.4 Å². The summed E-state index contributed by atoms with van der Waals surface area (Å²) in [5.74, 6) is -0.685. The minimum Gasteiger partial charge on any atom is -0.492 e. The molecule has 33 heavy (non-hydrogen) atoms. The van der Waals surface area contributed by atoms with Crippen molar-refractivity contribution in [3.63, 3.8) is 0 Å². The molecule has 8 heteroatoms. The summed E-state index contributed by atoms with van der Waals surface area (Å²) in [5, 5.41) is 15.1. The van der Waals surface area contributed by atoms with Crippen LogP contribution < -0.4 is 15.4 Å². The van der Waals surface area contributed by atoms with Gasteiger partial charge in [0.1, 0.15) is 10.8 Å². The van der Waals surface area contributed by atoms with Gasteiger partial charge in [-0.25, -0.2) is 0 Å². The third-order valence-corrected chi connectivity index (χ3v) is 7.14. The van der Waals surface area contributed by atoms with Crippen molar-refractivity contribution >= 4 is 39.8 Å². The minimum absolute atomic E-state index is 0.142. The summed E-state index contributed by atoms with van der Waals surface area (Å²) in [7, 11) is 0. The van der Waals surface area contributed by atoms with E-state index < -0.39 is 11.9 Å². The van der Waals surface area contributed by atoms with E-state index in [4.69, 9.17) is 9.84 Å². The maximum atomic E-state index is 13.4. The zero-order valence-electron chi connectivity index (χ0n) is 19.6. The fraction of sp³-hybridized carbons (Fsp3) is 0.480. The molecule has 0 radical (unpaired) electrons. The van der Waals surface area contributed by atoms with Gasteiger partial charge in [0.25, 0.3) is 5.91 Å². The highest BCUT2D eigenvalue weighted by atomic mass is 32.1. The number of anilines is 2. The number of aliphatic carboxylic acids is 1. The molecule has 0 saturated heterocycles. The molecule has 1 unspecified atom stereocenters. The highest BCUT2D eigenvalue weighted by Crippen LogP contribution is 2.44. The average molecular weight is 473 g/mol. The summed E-state index contributed by atoms with van der Waals surface area (Å²) >= 11 is 1.43. The zero-order valence-corrected chi connectivity index (χ0v) is 20.4. The zero-order chi connectivity index (χ0) is 24.2. The maximum absolute atomic E-state index is 13.4. The van der Waals surface area contributed by atoms with Crippen LogP contribution in [0.4, 0.5) is 10.7 Å². The highest BCUT2D eigenvalue weighted by Gasteiger charge is 2.34. The van der Waals surface area contributed by atoms with Crippen molar-refractivity contribution in [3.8, 4) is 5.75 Å². The molecule has 1 heterocycles. The van der Waals surface area contributed by atoms with Crippen molar-refractivity contribution in [2.24, 2.45) is 11.3 Å². The van der Waals surface area contributed by atoms with Gasteiger partial charge in [0.2, 0.25) is 5.91 Å². The summed E-state index contributed by atoms with van der Waals surface area (Å²) < 4.78 is 5.63. The van der Waals surface area contributed by atoms with Gasteiger partial charge < -0.3 is 20.5 Å². The third-order valence-electron chi connectivity index (χ3n) is 5.97. The molecule has 2 aromatic rings. The Labute approximate surface area is 198 Å². The van der Waals surface area contributed by atoms with Crippen LogP contribution in [0.15, 0.2) is 24.3 Å². The Hall–Kier alpha value is -2.87. The Kier molecular flexibility index (Phi) is 7.79. The summed E-state index contributed by atoms with van der Waals surface area (Å²) in [4.78, 5) is 37.8. The largest absolute Gasteiger partial charge is 0.492 e. The first-order valence-corrected chi connectivity index (χ1v) is 12.1. The van der Waals surface area contributed by atoms with Crippen molar-refractivity contribution < 1.29 is 24.2 Å². The van der Waals surface area contributed by atoms with Crippen LogP contribution in [0.1, 0.15) is 67.8 Å². The molecule has 0 spiro atoms. The first kappa shape index (κ1) is 24.8. The summed E-state index contributed by atoms with van der Waals surface area (Å²) in [6, 6.07) is 7.24. The predicted octanol–water partition coefficient (Wildman–Crippen LogP) is 5.35. The lowest BCUT2D eigenvalue weighted by Gasteiger charge is -2.33. The number of para-hydroxylation sites is 2. The Morgan fingerprint density at radius 3 is 2.55 bits per heavy atom. The van der Waals surface area contributed by atoms with E-state index in [2.05, 4.69) is 31.4 Å². The van der Waals surface area contributed by atoms with Crippen molar-refractivity contribution in [1.82, 2.24) is 0 Å². The number of amides is 2. The lowest BCUT2D eigenvalue weighted by molar-refractivity contribution is -0.138. The molecule has 3 N–H and O–H groups in total. The average Bonchev–Trinajstić information content (AvgIpc) is 3.10. The quantitative estimate of drug-likeness (QED) is 0.480. The van der Waals surface area contributed by atoms with Crippen molar-refractivity contribution in [2.75, 3.05) is 17.2 Å². The molecule has 178 valence electrons. The number of fused-ring (bicyclic) bond motifs is 1. The maximum Gasteiger partial charge on any atom is 0.303 e. The molecule has 1 aliphatic rings. The summed E-state index contributed by atoms with van der Waals surface area (Å²) in [6.45, 7) is 9.03. The van der Waals surface area contributed by atoms with Gasteiger partial charge in [-0.2, -0.15) is 0 Å². The van der Waals surface area contributed by atoms with E-state index in [0.29, 0.717) is 34.5 Å². The second-order valence-electron chi connectivity index (χ2n) is 9.34. The number of ether oxygens (including phenoxy) is 1. The van der Waals surface area contributed by atoms with E-state index in [0.717, 1.165) is 29.7 Å². The molecule has 0 bridgehead atoms. The van der Waals surface area contributed by atoms with Gasteiger partial charge in [-0.05, 0) is 55.2 Å². The molecule has 0 saturated carbocycles. The molecule has 1 aromatic heterocycles. The molecule has 7 nitrogen and oxygen atoms in total. The van der Waals surface area contributed by atoms with Crippen LogP contribution in [0.25, 0.3) is 0 Å². The molecular formula is C25H32N2O5S. The van der Waals surface area contributed by atoms with Crippen LogP contribution in [0.5, 0.6) is 5.75 Å². The van der Waals surface area contributed by atoms with Crippen LogP contribution in [-0.4, -0.2) is 29.5 Å². The van der Waals surface area contributed by atoms with Crippen LogP contribution in [0, 0.1) is 11.3 Å². The van der Waals surface area contributed by atoms with Crippen molar-refractivity contribution in [3.05, 3.63) is 40.3 Å². The number of carbonyl (C=O) groups excluding carboxylic acids is 2. The number of hydrogen-bond donors (Lipinski definition) is 3. The number of carbonyl (C=O) groups is 3. The van der Waals surface area contributed by atoms with E-state index in [1.165, 1.54) is 11.3 Å². The highest BCUT2D eigenvalue weighted by molar-refractivity contribution is 7.17. The Balaban J connectivity index is 1.93. The smallest absolute Gasteiger partial charge is 0.303 e. The topological polar surface area (TPSA) is 105 Å². The number of thiophene rings is 1. The fourth-order valence-corrected chi connectivity index (χ4v) is 5.44. The van der Waals surface area contributed by atoms with Crippen LogP contribution in [0.3, 0.4) is 0 Å². The van der Waals surface area contributed by atoms with Crippen molar-refractivity contribution in [2.45, 2.75) is 59.8 Å². The number of rotatable bonds is 8. The number of carboxylic acids is 1. The molecule has 0 aliphatic heterocycles. The fourth-order valence-electron chi connectivity index (χ4n) is 4.10. The number of benzene rings is 1. The molecule has 1 aromatic carbocycles. The second-order valence-corrected chi connectivity index (χ2v) is 10.4. The third kappa shape index (κ3) is 6.13. The van der Waals surface area contributed by atoms with Crippen LogP contribution in [-0.2, 0) is 22.4 Å². The number of carboxylic acid groups (broad SMARTS) is 1. The van der Waals surface area contributed by atoms with Crippen LogP contribution >= 0.6 is 11.3 Å². The predicted molar refractivity (Wildman–Crippen MR) is 130 cm³/mol. The van der Waals surface area contributed by atoms with Gasteiger partial charge in [-0.15, -0.1) is 11.3 Å². The normalized spacial score (nSPS) is 15.5. The van der Waals surface area contributed by atoms with Gasteiger partial charge in [0.15, 0.2) is 0 Å². The van der Waals surface area contributed by atoms with E-state index in [1.807, 2.05) is 19.1 Å². The molecule has 1 aliphatic carbocycles. The Bertz CT molecular complexity index is 1040. The minimum atomic E-state index is -1.03. The Morgan fingerprint density at radius 2 is 1.88 bits per heavy atom. The summed E-state index contributed by atoms with van der Waals surface area (Å²) in [6.07, 6.45) is 2.18. The van der Waals surface area contributed by atoms with E-state index in [1.54, 1.807) is 12.1 Å². The van der Waals surface area contributed by atoms with E-state index >= 15 is 0 Å². The van der Waals surface area contributed by atoms with Crippen LogP contribution in [0.2, 0.25) is 0 Å². The molecule has 3 rings (SSSR count). The second kappa shape index (κ2) is 10.4. The first-order chi connectivity index (χ1) is 15.6. The van der Waals surface area contributed by atoms with Gasteiger partial charge in [0.05, 0.1) is 24.3 Å². The Morgan fingerprint density at radius 1 is 1.15 bits per heavy atom. The first-order valence-electron chi connectivity index (χ1n) is 11.3.